The highest BCUT2D eigenvalue weighted by Gasteiger charge is 2.48. The van der Waals surface area contributed by atoms with Crippen LogP contribution in [0, 0.1) is 0 Å². The summed E-state index contributed by atoms with van der Waals surface area (Å²) < 4.78 is 19.0. The number of imidazole rings is 1. The fourth-order valence-electron chi connectivity index (χ4n) is 4.49. The van der Waals surface area contributed by atoms with Gasteiger partial charge in [-0.05, 0) is 44.7 Å². The molecule has 1 fully saturated rings. The number of hydrogen-bond donors (Lipinski definition) is 0. The summed E-state index contributed by atoms with van der Waals surface area (Å²) in [4.78, 5) is 0. The topological polar surface area (TPSA) is 25.9 Å². The molecule has 1 aliphatic heterocycles. The van der Waals surface area contributed by atoms with Crippen LogP contribution in [0.25, 0.3) is 0 Å². The second-order valence-corrected chi connectivity index (χ2v) is 12.2. The maximum Gasteiger partial charge on any atom is 0.244 e. The molecule has 0 bridgehead atoms. The van der Waals surface area contributed by atoms with Crippen LogP contribution in [-0.2, 0) is 16.4 Å². The molecule has 0 N–H and O–H groups in total. The molecule has 1 aliphatic rings. The third-order valence-corrected chi connectivity index (χ3v) is 9.98. The van der Waals surface area contributed by atoms with Crippen LogP contribution < -0.4 is 4.57 Å². The first kappa shape index (κ1) is 19.2. The van der Waals surface area contributed by atoms with E-state index < -0.39 is 7.14 Å². The minimum absolute atomic E-state index is 0.0209. The lowest BCUT2D eigenvalue weighted by Gasteiger charge is -2.25. The number of hydrogen-bond acceptors (Lipinski definition) is 1. The predicted octanol–water partition coefficient (Wildman–Crippen LogP) is 6.13. The van der Waals surface area contributed by atoms with Crippen LogP contribution in [0.2, 0.25) is 0 Å². The van der Waals surface area contributed by atoms with E-state index in [0.717, 1.165) is 12.8 Å². The van der Waals surface area contributed by atoms with Crippen LogP contribution in [0.4, 0.5) is 0 Å². The number of benzene rings is 2. The zero-order valence-electron chi connectivity index (χ0n) is 17.0. The number of nitrogens with zero attached hydrogens (tertiary/aromatic N) is 2. The lowest BCUT2D eigenvalue weighted by Crippen LogP contribution is -2.48. The van der Waals surface area contributed by atoms with E-state index in [1.807, 2.05) is 12.1 Å². The molecular formula is C24H30N2OP+. The summed E-state index contributed by atoms with van der Waals surface area (Å²) in [5.74, 6) is 0. The van der Waals surface area contributed by atoms with Gasteiger partial charge in [-0.1, -0.05) is 60.7 Å². The Morgan fingerprint density at radius 2 is 1.43 bits per heavy atom. The molecule has 3 aromatic rings. The van der Waals surface area contributed by atoms with Crippen molar-refractivity contribution in [3.8, 4) is 0 Å². The molecule has 4 rings (SSSR count). The van der Waals surface area contributed by atoms with Gasteiger partial charge in [-0.25, -0.2) is 9.13 Å². The second kappa shape index (κ2) is 7.37. The van der Waals surface area contributed by atoms with Crippen molar-refractivity contribution in [3.05, 3.63) is 90.5 Å². The van der Waals surface area contributed by atoms with E-state index in [1.54, 1.807) is 0 Å². The van der Waals surface area contributed by atoms with Crippen molar-refractivity contribution >= 4 is 7.14 Å². The lowest BCUT2D eigenvalue weighted by molar-refractivity contribution is -0.753. The van der Waals surface area contributed by atoms with Crippen molar-refractivity contribution in [2.24, 2.45) is 0 Å². The summed E-state index contributed by atoms with van der Waals surface area (Å²) in [5.41, 5.74) is 2.72. The largest absolute Gasteiger partial charge is 0.318 e. The molecule has 2 aromatic carbocycles. The molecule has 2 heterocycles. The van der Waals surface area contributed by atoms with Gasteiger partial charge in [-0.2, -0.15) is 0 Å². The fourth-order valence-corrected chi connectivity index (χ4v) is 8.52. The fraction of sp³-hybridized carbons (Fsp3) is 0.375. The van der Waals surface area contributed by atoms with E-state index in [1.165, 1.54) is 11.1 Å². The smallest absolute Gasteiger partial charge is 0.244 e. The quantitative estimate of drug-likeness (QED) is 0.387. The van der Waals surface area contributed by atoms with Gasteiger partial charge < -0.3 is 4.57 Å². The first-order valence-corrected chi connectivity index (χ1v) is 12.2. The number of rotatable bonds is 4. The average molecular weight is 393 g/mol. The highest BCUT2D eigenvalue weighted by atomic mass is 31.2. The van der Waals surface area contributed by atoms with Crippen molar-refractivity contribution in [3.63, 3.8) is 0 Å². The van der Waals surface area contributed by atoms with Crippen LogP contribution in [0.1, 0.15) is 56.1 Å². The highest BCUT2D eigenvalue weighted by Crippen LogP contribution is 2.77. The molecule has 0 radical (unpaired) electrons. The lowest BCUT2D eigenvalue weighted by atomic mass is 10.0. The van der Waals surface area contributed by atoms with Crippen LogP contribution >= 0.6 is 7.14 Å². The third kappa shape index (κ3) is 3.61. The summed E-state index contributed by atoms with van der Waals surface area (Å²) in [7, 11) is -2.55. The minimum Gasteiger partial charge on any atom is -0.318 e. The summed E-state index contributed by atoms with van der Waals surface area (Å²) >= 11 is 0. The summed E-state index contributed by atoms with van der Waals surface area (Å²) in [6.07, 6.45) is 8.85. The minimum atomic E-state index is -2.55. The molecule has 0 amide bonds. The van der Waals surface area contributed by atoms with Crippen LogP contribution in [-0.4, -0.2) is 4.57 Å². The normalized spacial score (nSPS) is 25.1. The molecule has 3 nitrogen and oxygen atoms in total. The van der Waals surface area contributed by atoms with Crippen molar-refractivity contribution in [2.75, 3.05) is 0 Å². The van der Waals surface area contributed by atoms with E-state index in [2.05, 4.69) is 97.2 Å². The van der Waals surface area contributed by atoms with Gasteiger partial charge >= 0.3 is 0 Å². The molecule has 3 atom stereocenters. The van der Waals surface area contributed by atoms with Crippen molar-refractivity contribution < 1.29 is 9.13 Å². The van der Waals surface area contributed by atoms with E-state index in [-0.39, 0.29) is 16.9 Å². The van der Waals surface area contributed by atoms with Gasteiger partial charge in [-0.15, -0.1) is 0 Å². The van der Waals surface area contributed by atoms with Gasteiger partial charge in [-0.3, -0.25) is 0 Å². The van der Waals surface area contributed by atoms with Gasteiger partial charge in [0.15, 0.2) is 0 Å². The molecule has 28 heavy (non-hydrogen) atoms. The van der Waals surface area contributed by atoms with Crippen molar-refractivity contribution in [1.29, 1.82) is 0 Å². The highest BCUT2D eigenvalue weighted by molar-refractivity contribution is 7.64. The molecular weight excluding hydrogens is 363 g/mol. The molecule has 0 spiro atoms. The Balaban J connectivity index is 1.74. The Bertz CT molecular complexity index is 921. The average Bonchev–Trinajstić information content (AvgIpc) is 3.28. The third-order valence-electron chi connectivity index (χ3n) is 5.99. The summed E-state index contributed by atoms with van der Waals surface area (Å²) in [5, 5.41) is 0. The first-order valence-electron chi connectivity index (χ1n) is 10.1. The van der Waals surface area contributed by atoms with Crippen LogP contribution in [0.5, 0.6) is 0 Å². The van der Waals surface area contributed by atoms with Gasteiger partial charge in [0.2, 0.25) is 6.33 Å². The second-order valence-electron chi connectivity index (χ2n) is 8.93. The maximum atomic E-state index is 14.7. The standard InChI is InChI=1S/C24H30N2OP/c1-24(2,3)26-17-16-25(18-26)19-28(27)22(20-10-6-4-7-11-20)14-15-23(28)21-12-8-5-9-13-21/h4-13,16-18,22-23H,14-15,19H2,1-3H3/q+1/t22-,23?,28?/m0/s1. The molecule has 1 saturated heterocycles. The van der Waals surface area contributed by atoms with E-state index in [9.17, 15) is 4.57 Å². The Morgan fingerprint density at radius 1 is 0.929 bits per heavy atom. The van der Waals surface area contributed by atoms with Crippen LogP contribution in [0.15, 0.2) is 79.4 Å². The Labute approximate surface area is 168 Å². The summed E-state index contributed by atoms with van der Waals surface area (Å²) in [6, 6.07) is 20.9. The molecule has 0 saturated carbocycles. The summed E-state index contributed by atoms with van der Waals surface area (Å²) in [6.45, 7) is 6.57. The molecule has 0 aliphatic carbocycles. The molecule has 1 aromatic heterocycles. The van der Waals surface area contributed by atoms with Gasteiger partial charge in [0.25, 0.3) is 0 Å². The van der Waals surface area contributed by atoms with Crippen LogP contribution in [0.3, 0.4) is 0 Å². The Morgan fingerprint density at radius 3 is 1.86 bits per heavy atom. The monoisotopic (exact) mass is 393 g/mol. The molecule has 146 valence electrons. The van der Waals surface area contributed by atoms with E-state index in [0.29, 0.717) is 6.29 Å². The number of aromatic nitrogens is 2. The first-order chi connectivity index (χ1) is 13.4. The predicted molar refractivity (Wildman–Crippen MR) is 115 cm³/mol. The van der Waals surface area contributed by atoms with E-state index >= 15 is 0 Å². The Kier molecular flexibility index (Phi) is 5.05. The Hall–Kier alpha value is -2.12. The molecule has 2 unspecified atom stereocenters. The van der Waals surface area contributed by atoms with Crippen molar-refractivity contribution in [2.45, 2.75) is 56.8 Å². The zero-order chi connectivity index (χ0) is 19.8. The zero-order valence-corrected chi connectivity index (χ0v) is 17.9. The van der Waals surface area contributed by atoms with Gasteiger partial charge in [0.1, 0.15) is 31.4 Å². The SMILES string of the molecule is CC(C)(C)[n+]1ccn(CP2(=O)C(c3ccccc3)CC[C@H]2c2ccccc2)c1. The van der Waals surface area contributed by atoms with E-state index in [4.69, 9.17) is 0 Å². The maximum absolute atomic E-state index is 14.7. The molecule has 4 heteroatoms. The van der Waals surface area contributed by atoms with Gasteiger partial charge in [0, 0.05) is 11.3 Å². The van der Waals surface area contributed by atoms with Crippen molar-refractivity contribution in [1.82, 2.24) is 4.57 Å². The van der Waals surface area contributed by atoms with Gasteiger partial charge in [0.05, 0.1) is 0 Å².